The molecule has 1 aromatic carbocycles. The van der Waals surface area contributed by atoms with E-state index in [-0.39, 0.29) is 18.6 Å². The first-order chi connectivity index (χ1) is 8.54. The average Bonchev–Trinajstić information content (AvgIpc) is 2.28. The quantitative estimate of drug-likeness (QED) is 0.773. The molecule has 5 heteroatoms. The summed E-state index contributed by atoms with van der Waals surface area (Å²) < 4.78 is 5.26. The molecule has 0 radical (unpaired) electrons. The lowest BCUT2D eigenvalue weighted by atomic mass is 10.1. The molecule has 0 fully saturated rings. The van der Waals surface area contributed by atoms with Gasteiger partial charge in [0.25, 0.3) is 0 Å². The van der Waals surface area contributed by atoms with Crippen LogP contribution in [0, 0.1) is 0 Å². The Kier molecular flexibility index (Phi) is 5.65. The highest BCUT2D eigenvalue weighted by atomic mass is 35.5. The fourth-order valence-electron chi connectivity index (χ4n) is 1.51. The Hall–Kier alpha value is -1.55. The van der Waals surface area contributed by atoms with Gasteiger partial charge in [0.1, 0.15) is 5.75 Å². The van der Waals surface area contributed by atoms with E-state index in [0.29, 0.717) is 29.4 Å². The summed E-state index contributed by atoms with van der Waals surface area (Å²) in [6.45, 7) is 2.39. The minimum absolute atomic E-state index is 0.0135. The van der Waals surface area contributed by atoms with E-state index in [4.69, 9.17) is 21.4 Å². The molecule has 98 valence electrons. The average molecular weight is 271 g/mol. The van der Waals surface area contributed by atoms with Crippen LogP contribution < -0.4 is 4.74 Å². The van der Waals surface area contributed by atoms with Crippen molar-refractivity contribution >= 4 is 23.4 Å². The minimum atomic E-state index is -0.902. The van der Waals surface area contributed by atoms with Crippen molar-refractivity contribution < 1.29 is 19.4 Å². The molecule has 0 amide bonds. The molecular formula is C13H15ClO4. The highest BCUT2D eigenvalue weighted by Gasteiger charge is 2.11. The van der Waals surface area contributed by atoms with Gasteiger partial charge in [0, 0.05) is 18.4 Å². The van der Waals surface area contributed by atoms with E-state index in [2.05, 4.69) is 0 Å². The van der Waals surface area contributed by atoms with Crippen LogP contribution in [0.5, 0.6) is 5.75 Å². The van der Waals surface area contributed by atoms with E-state index < -0.39 is 5.97 Å². The second-order valence-corrected chi connectivity index (χ2v) is 4.15. The summed E-state index contributed by atoms with van der Waals surface area (Å²) in [6, 6.07) is 4.88. The Morgan fingerprint density at radius 3 is 2.61 bits per heavy atom. The van der Waals surface area contributed by atoms with Gasteiger partial charge in [-0.05, 0) is 31.5 Å². The van der Waals surface area contributed by atoms with Crippen LogP contribution in [-0.2, 0) is 4.79 Å². The summed E-state index contributed by atoms with van der Waals surface area (Å²) in [5, 5.41) is 8.83. The lowest BCUT2D eigenvalue weighted by Gasteiger charge is -2.06. The first-order valence-electron chi connectivity index (χ1n) is 5.72. The van der Waals surface area contributed by atoms with Crippen molar-refractivity contribution in [1.29, 1.82) is 0 Å². The van der Waals surface area contributed by atoms with E-state index in [1.807, 2.05) is 6.92 Å². The highest BCUT2D eigenvalue weighted by molar-refractivity contribution is 6.34. The minimum Gasteiger partial charge on any atom is -0.494 e. The molecule has 1 N–H and O–H groups in total. The van der Waals surface area contributed by atoms with E-state index in [1.165, 1.54) is 0 Å². The Labute approximate surface area is 111 Å². The third-order valence-electron chi connectivity index (χ3n) is 2.35. The van der Waals surface area contributed by atoms with Crippen molar-refractivity contribution in [1.82, 2.24) is 0 Å². The molecule has 0 spiro atoms. The number of carbonyl (C=O) groups is 2. The number of ketones is 1. The highest BCUT2D eigenvalue weighted by Crippen LogP contribution is 2.24. The van der Waals surface area contributed by atoms with E-state index >= 15 is 0 Å². The summed E-state index contributed by atoms with van der Waals surface area (Å²) in [7, 11) is 0. The molecule has 0 aliphatic heterocycles. The van der Waals surface area contributed by atoms with Crippen LogP contribution in [0.1, 0.15) is 36.5 Å². The van der Waals surface area contributed by atoms with Gasteiger partial charge in [0.2, 0.25) is 0 Å². The van der Waals surface area contributed by atoms with Crippen LogP contribution in [0.25, 0.3) is 0 Å². The van der Waals surface area contributed by atoms with Gasteiger partial charge in [-0.25, -0.2) is 0 Å². The largest absolute Gasteiger partial charge is 0.494 e. The number of hydrogen-bond donors (Lipinski definition) is 1. The summed E-state index contributed by atoms with van der Waals surface area (Å²) in [5.74, 6) is -0.436. The van der Waals surface area contributed by atoms with Crippen LogP contribution in [0.15, 0.2) is 18.2 Å². The molecule has 0 unspecified atom stereocenters. The van der Waals surface area contributed by atoms with Gasteiger partial charge < -0.3 is 9.84 Å². The smallest absolute Gasteiger partial charge is 0.303 e. The molecule has 0 bridgehead atoms. The van der Waals surface area contributed by atoms with Gasteiger partial charge in [-0.1, -0.05) is 11.6 Å². The summed E-state index contributed by atoms with van der Waals surface area (Å²) in [4.78, 5) is 22.1. The summed E-state index contributed by atoms with van der Waals surface area (Å²) >= 11 is 5.98. The van der Waals surface area contributed by atoms with Gasteiger partial charge >= 0.3 is 5.97 Å². The standard InChI is InChI=1S/C13H15ClO4/c1-2-18-9-6-7-10(11(14)8-9)12(15)4-3-5-13(16)17/h6-8H,2-5H2,1H3,(H,16,17). The van der Waals surface area contributed by atoms with Crippen LogP contribution in [0.4, 0.5) is 0 Å². The number of benzene rings is 1. The summed E-state index contributed by atoms with van der Waals surface area (Å²) in [6.07, 6.45) is 0.484. The molecule has 18 heavy (non-hydrogen) atoms. The van der Waals surface area contributed by atoms with Crippen molar-refractivity contribution in [2.75, 3.05) is 6.61 Å². The number of ether oxygens (including phenoxy) is 1. The van der Waals surface area contributed by atoms with Crippen molar-refractivity contribution in [3.8, 4) is 5.75 Å². The second kappa shape index (κ2) is 7.01. The number of Topliss-reactive ketones (excluding diaryl/α,β-unsaturated/α-hetero) is 1. The Balaban J connectivity index is 2.65. The van der Waals surface area contributed by atoms with Gasteiger partial charge in [-0.15, -0.1) is 0 Å². The Bertz CT molecular complexity index is 443. The van der Waals surface area contributed by atoms with Gasteiger partial charge in [0.15, 0.2) is 5.78 Å². The van der Waals surface area contributed by atoms with Crippen molar-refractivity contribution in [3.05, 3.63) is 28.8 Å². The van der Waals surface area contributed by atoms with E-state index in [9.17, 15) is 9.59 Å². The molecular weight excluding hydrogens is 256 g/mol. The third-order valence-corrected chi connectivity index (χ3v) is 2.66. The first-order valence-corrected chi connectivity index (χ1v) is 6.09. The number of carboxylic acid groups (broad SMARTS) is 1. The molecule has 1 rings (SSSR count). The molecule has 0 aliphatic carbocycles. The van der Waals surface area contributed by atoms with Crippen molar-refractivity contribution in [2.24, 2.45) is 0 Å². The first kappa shape index (κ1) is 14.5. The molecule has 0 atom stereocenters. The van der Waals surface area contributed by atoms with Crippen LogP contribution in [0.3, 0.4) is 0 Å². The fourth-order valence-corrected chi connectivity index (χ4v) is 1.79. The van der Waals surface area contributed by atoms with Crippen LogP contribution in [0.2, 0.25) is 5.02 Å². The van der Waals surface area contributed by atoms with Gasteiger partial charge in [0.05, 0.1) is 11.6 Å². The molecule has 4 nitrogen and oxygen atoms in total. The van der Waals surface area contributed by atoms with Crippen LogP contribution in [-0.4, -0.2) is 23.5 Å². The Morgan fingerprint density at radius 2 is 2.06 bits per heavy atom. The van der Waals surface area contributed by atoms with Crippen molar-refractivity contribution in [2.45, 2.75) is 26.2 Å². The molecule has 0 aliphatic rings. The number of aliphatic carboxylic acids is 1. The monoisotopic (exact) mass is 270 g/mol. The number of carbonyl (C=O) groups excluding carboxylic acids is 1. The number of rotatable bonds is 7. The van der Waals surface area contributed by atoms with Gasteiger partial charge in [-0.2, -0.15) is 0 Å². The topological polar surface area (TPSA) is 63.6 Å². The zero-order valence-electron chi connectivity index (χ0n) is 10.1. The van der Waals surface area contributed by atoms with E-state index in [0.717, 1.165) is 0 Å². The second-order valence-electron chi connectivity index (χ2n) is 3.75. The molecule has 0 saturated carbocycles. The SMILES string of the molecule is CCOc1ccc(C(=O)CCCC(=O)O)c(Cl)c1. The maximum atomic E-state index is 11.8. The lowest BCUT2D eigenvalue weighted by molar-refractivity contribution is -0.137. The van der Waals surface area contributed by atoms with Crippen LogP contribution >= 0.6 is 11.6 Å². The molecule has 0 saturated heterocycles. The molecule has 0 aromatic heterocycles. The summed E-state index contributed by atoms with van der Waals surface area (Å²) in [5.41, 5.74) is 0.408. The maximum Gasteiger partial charge on any atom is 0.303 e. The van der Waals surface area contributed by atoms with Crippen molar-refractivity contribution in [3.63, 3.8) is 0 Å². The number of carboxylic acids is 1. The number of hydrogen-bond acceptors (Lipinski definition) is 3. The molecule has 1 aromatic rings. The number of halogens is 1. The third kappa shape index (κ3) is 4.37. The lowest BCUT2D eigenvalue weighted by Crippen LogP contribution is -2.03. The predicted octanol–water partition coefficient (Wildman–Crippen LogP) is 3.18. The van der Waals surface area contributed by atoms with E-state index in [1.54, 1.807) is 18.2 Å². The fraction of sp³-hybridized carbons (Fsp3) is 0.385. The predicted molar refractivity (Wildman–Crippen MR) is 68.4 cm³/mol. The zero-order valence-corrected chi connectivity index (χ0v) is 10.9. The maximum absolute atomic E-state index is 11.8. The normalized spacial score (nSPS) is 10.1. The zero-order chi connectivity index (χ0) is 13.5. The Morgan fingerprint density at radius 1 is 1.33 bits per heavy atom. The molecule has 0 heterocycles. The van der Waals surface area contributed by atoms with Gasteiger partial charge in [-0.3, -0.25) is 9.59 Å².